The Balaban J connectivity index is 1.67. The first-order valence-electron chi connectivity index (χ1n) is 7.69. The lowest BCUT2D eigenvalue weighted by Gasteiger charge is -2.09. The van der Waals surface area contributed by atoms with Crippen LogP contribution in [0.5, 0.6) is 0 Å². The standard InChI is InChI=1S/C16H19N7O2/c1-10-15(11-6-4-5-7-12(11)18-10)20-14(24)9-23-17-8-13(21-23)19-16(25)22(2)3/h4-8,18H,9H2,1-3H3,(H,20,24)(H,19,21,25). The quantitative estimate of drug-likeness (QED) is 0.672. The van der Waals surface area contributed by atoms with Crippen LogP contribution in [0.4, 0.5) is 16.3 Å². The minimum atomic E-state index is -0.314. The molecule has 9 heteroatoms. The fraction of sp³-hybridized carbons (Fsp3) is 0.250. The normalized spacial score (nSPS) is 10.7. The first-order valence-corrected chi connectivity index (χ1v) is 7.69. The van der Waals surface area contributed by atoms with Gasteiger partial charge in [-0.15, -0.1) is 5.10 Å². The molecule has 3 N–H and O–H groups in total. The van der Waals surface area contributed by atoms with Crippen LogP contribution in [0.25, 0.3) is 10.9 Å². The molecule has 3 aromatic rings. The maximum Gasteiger partial charge on any atom is 0.322 e. The summed E-state index contributed by atoms with van der Waals surface area (Å²) < 4.78 is 0. The number of amides is 3. The molecule has 0 aliphatic rings. The van der Waals surface area contributed by atoms with Crippen LogP contribution >= 0.6 is 0 Å². The second kappa shape index (κ2) is 6.63. The topological polar surface area (TPSA) is 108 Å². The number of aryl methyl sites for hydroxylation is 1. The highest BCUT2D eigenvalue weighted by Crippen LogP contribution is 2.26. The highest BCUT2D eigenvalue weighted by atomic mass is 16.2. The van der Waals surface area contributed by atoms with E-state index in [-0.39, 0.29) is 24.3 Å². The van der Waals surface area contributed by atoms with Gasteiger partial charge in [0, 0.05) is 30.7 Å². The number of rotatable bonds is 4. The van der Waals surface area contributed by atoms with Crippen LogP contribution in [0.15, 0.2) is 30.5 Å². The predicted octanol–water partition coefficient (Wildman–Crippen LogP) is 1.80. The maximum atomic E-state index is 12.3. The number of anilines is 2. The van der Waals surface area contributed by atoms with Gasteiger partial charge >= 0.3 is 6.03 Å². The number of para-hydroxylation sites is 1. The molecule has 130 valence electrons. The van der Waals surface area contributed by atoms with E-state index in [0.717, 1.165) is 22.3 Å². The molecular weight excluding hydrogens is 322 g/mol. The second-order valence-corrected chi connectivity index (χ2v) is 5.80. The zero-order chi connectivity index (χ0) is 18.0. The number of hydrogen-bond donors (Lipinski definition) is 3. The number of carbonyl (C=O) groups is 2. The Morgan fingerprint density at radius 3 is 2.76 bits per heavy atom. The number of aromatic nitrogens is 4. The van der Waals surface area contributed by atoms with Gasteiger partial charge in [0.05, 0.1) is 11.9 Å². The van der Waals surface area contributed by atoms with Crippen LogP contribution in [0, 0.1) is 6.92 Å². The molecule has 0 aliphatic carbocycles. The SMILES string of the molecule is Cc1[nH]c2ccccc2c1NC(=O)Cn1ncc(NC(=O)N(C)C)n1. The summed E-state index contributed by atoms with van der Waals surface area (Å²) in [5, 5.41) is 14.4. The lowest BCUT2D eigenvalue weighted by molar-refractivity contribution is -0.117. The fourth-order valence-electron chi connectivity index (χ4n) is 2.40. The largest absolute Gasteiger partial charge is 0.357 e. The van der Waals surface area contributed by atoms with Crippen molar-refractivity contribution in [3.63, 3.8) is 0 Å². The van der Waals surface area contributed by atoms with E-state index in [9.17, 15) is 9.59 Å². The first-order chi connectivity index (χ1) is 11.9. The van der Waals surface area contributed by atoms with Gasteiger partial charge in [0.2, 0.25) is 5.91 Å². The highest BCUT2D eigenvalue weighted by molar-refractivity contribution is 6.02. The van der Waals surface area contributed by atoms with E-state index in [1.165, 1.54) is 15.9 Å². The fourth-order valence-corrected chi connectivity index (χ4v) is 2.40. The summed E-state index contributed by atoms with van der Waals surface area (Å²) in [6.07, 6.45) is 1.39. The summed E-state index contributed by atoms with van der Waals surface area (Å²) >= 11 is 0. The average molecular weight is 341 g/mol. The molecule has 3 amide bonds. The number of nitrogens with one attached hydrogen (secondary N) is 3. The van der Waals surface area contributed by atoms with E-state index in [1.54, 1.807) is 14.1 Å². The van der Waals surface area contributed by atoms with E-state index >= 15 is 0 Å². The van der Waals surface area contributed by atoms with Gasteiger partial charge in [-0.3, -0.25) is 10.1 Å². The molecule has 25 heavy (non-hydrogen) atoms. The van der Waals surface area contributed by atoms with Gasteiger partial charge in [-0.1, -0.05) is 18.2 Å². The van der Waals surface area contributed by atoms with Crippen molar-refractivity contribution in [1.82, 2.24) is 24.9 Å². The summed E-state index contributed by atoms with van der Waals surface area (Å²) in [5.41, 5.74) is 2.58. The number of aromatic amines is 1. The molecule has 0 saturated carbocycles. The van der Waals surface area contributed by atoms with Gasteiger partial charge in [-0.05, 0) is 13.0 Å². The number of benzene rings is 1. The summed E-state index contributed by atoms with van der Waals surface area (Å²) in [6.45, 7) is 1.84. The van der Waals surface area contributed by atoms with Gasteiger partial charge in [-0.25, -0.2) is 4.79 Å². The molecule has 0 radical (unpaired) electrons. The molecule has 2 aromatic heterocycles. The number of H-pyrrole nitrogens is 1. The van der Waals surface area contributed by atoms with Crippen molar-refractivity contribution < 1.29 is 9.59 Å². The number of carbonyl (C=O) groups excluding carboxylic acids is 2. The molecule has 3 rings (SSSR count). The summed E-state index contributed by atoms with van der Waals surface area (Å²) in [5.74, 6) is 0.0312. The third-order valence-electron chi connectivity index (χ3n) is 3.62. The van der Waals surface area contributed by atoms with E-state index in [4.69, 9.17) is 0 Å². The van der Waals surface area contributed by atoms with Crippen molar-refractivity contribution in [2.45, 2.75) is 13.5 Å². The van der Waals surface area contributed by atoms with E-state index in [1.807, 2.05) is 31.2 Å². The molecule has 0 fully saturated rings. The minimum absolute atomic E-state index is 0.0587. The van der Waals surface area contributed by atoms with Crippen molar-refractivity contribution in [3.05, 3.63) is 36.2 Å². The molecule has 9 nitrogen and oxygen atoms in total. The number of hydrogen-bond acceptors (Lipinski definition) is 4. The Morgan fingerprint density at radius 1 is 1.24 bits per heavy atom. The molecule has 0 spiro atoms. The van der Waals surface area contributed by atoms with Crippen molar-refractivity contribution in [2.24, 2.45) is 0 Å². The van der Waals surface area contributed by atoms with Crippen molar-refractivity contribution in [2.75, 3.05) is 24.7 Å². The van der Waals surface area contributed by atoms with Crippen LogP contribution in [-0.4, -0.2) is 50.9 Å². The molecule has 0 bridgehead atoms. The molecular formula is C16H19N7O2. The Bertz CT molecular complexity index is 926. The van der Waals surface area contributed by atoms with Crippen molar-refractivity contribution in [3.8, 4) is 0 Å². The highest BCUT2D eigenvalue weighted by Gasteiger charge is 2.13. The third kappa shape index (κ3) is 3.60. The monoisotopic (exact) mass is 341 g/mol. The number of fused-ring (bicyclic) bond motifs is 1. The molecule has 1 aromatic carbocycles. The van der Waals surface area contributed by atoms with Gasteiger partial charge < -0.3 is 15.2 Å². The van der Waals surface area contributed by atoms with Crippen molar-refractivity contribution >= 4 is 34.3 Å². The van der Waals surface area contributed by atoms with Gasteiger partial charge in [-0.2, -0.15) is 9.90 Å². The van der Waals surface area contributed by atoms with Gasteiger partial charge in [0.25, 0.3) is 0 Å². The van der Waals surface area contributed by atoms with Crippen LogP contribution in [0.3, 0.4) is 0 Å². The van der Waals surface area contributed by atoms with Crippen LogP contribution < -0.4 is 10.6 Å². The maximum absolute atomic E-state index is 12.3. The summed E-state index contributed by atoms with van der Waals surface area (Å²) in [7, 11) is 3.24. The van der Waals surface area contributed by atoms with Crippen molar-refractivity contribution in [1.29, 1.82) is 0 Å². The number of urea groups is 1. The lowest BCUT2D eigenvalue weighted by Crippen LogP contribution is -2.27. The zero-order valence-corrected chi connectivity index (χ0v) is 14.2. The molecule has 2 heterocycles. The smallest absolute Gasteiger partial charge is 0.322 e. The predicted molar refractivity (Wildman–Crippen MR) is 94.4 cm³/mol. The van der Waals surface area contributed by atoms with Gasteiger partial charge in [0.1, 0.15) is 6.54 Å². The Morgan fingerprint density at radius 2 is 2.00 bits per heavy atom. The first kappa shape index (κ1) is 16.5. The van der Waals surface area contributed by atoms with E-state index < -0.39 is 0 Å². The third-order valence-corrected chi connectivity index (χ3v) is 3.62. The average Bonchev–Trinajstić information content (AvgIpc) is 3.12. The summed E-state index contributed by atoms with van der Waals surface area (Å²) in [6, 6.07) is 7.43. The van der Waals surface area contributed by atoms with E-state index in [2.05, 4.69) is 25.8 Å². The molecule has 0 atom stereocenters. The van der Waals surface area contributed by atoms with Crippen LogP contribution in [-0.2, 0) is 11.3 Å². The lowest BCUT2D eigenvalue weighted by atomic mass is 10.2. The molecule has 0 aliphatic heterocycles. The number of nitrogens with zero attached hydrogens (tertiary/aromatic N) is 4. The van der Waals surface area contributed by atoms with Crippen LogP contribution in [0.1, 0.15) is 5.69 Å². The Labute approximate surface area is 144 Å². The Kier molecular flexibility index (Phi) is 4.38. The van der Waals surface area contributed by atoms with Crippen LogP contribution in [0.2, 0.25) is 0 Å². The van der Waals surface area contributed by atoms with Gasteiger partial charge in [0.15, 0.2) is 5.82 Å². The van der Waals surface area contributed by atoms with E-state index in [0.29, 0.717) is 0 Å². The zero-order valence-electron chi connectivity index (χ0n) is 14.2. The Hall–Kier alpha value is -3.36. The summed E-state index contributed by atoms with van der Waals surface area (Å²) in [4.78, 5) is 29.7. The molecule has 0 unspecified atom stereocenters. The minimum Gasteiger partial charge on any atom is -0.357 e. The second-order valence-electron chi connectivity index (χ2n) is 5.80. The molecule has 0 saturated heterocycles.